The van der Waals surface area contributed by atoms with Crippen molar-refractivity contribution in [2.45, 2.75) is 58.3 Å². The Balaban J connectivity index is 1.91. The lowest BCUT2D eigenvalue weighted by Gasteiger charge is -2.16. The van der Waals surface area contributed by atoms with Gasteiger partial charge in [0, 0.05) is 0 Å². The Kier molecular flexibility index (Phi) is 7.58. The summed E-state index contributed by atoms with van der Waals surface area (Å²) in [6.07, 6.45) is 8.04. The first-order valence-corrected chi connectivity index (χ1v) is 9.24. The number of hydrogen-bond acceptors (Lipinski definition) is 3. The summed E-state index contributed by atoms with van der Waals surface area (Å²) in [5.74, 6) is 0. The second-order valence-corrected chi connectivity index (χ2v) is 7.44. The van der Waals surface area contributed by atoms with Crippen LogP contribution in [0.15, 0.2) is 42.5 Å². The largest absolute Gasteiger partial charge is 0.392 e. The van der Waals surface area contributed by atoms with E-state index in [-0.39, 0.29) is 13.2 Å². The van der Waals surface area contributed by atoms with E-state index >= 15 is 0 Å². The predicted octanol–water partition coefficient (Wildman–Crippen LogP) is 4.33. The number of aryl methyl sites for hydroxylation is 1. The van der Waals surface area contributed by atoms with Crippen molar-refractivity contribution in [2.75, 3.05) is 0 Å². The molecule has 140 valence electrons. The zero-order valence-corrected chi connectivity index (χ0v) is 15.8. The summed E-state index contributed by atoms with van der Waals surface area (Å²) in [5.41, 5.74) is 4.39. The summed E-state index contributed by atoms with van der Waals surface area (Å²) in [6, 6.07) is 14.2. The van der Waals surface area contributed by atoms with Crippen molar-refractivity contribution in [3.8, 4) is 0 Å². The van der Waals surface area contributed by atoms with Crippen molar-refractivity contribution in [3.63, 3.8) is 0 Å². The van der Waals surface area contributed by atoms with Crippen LogP contribution in [0, 0.1) is 0 Å². The van der Waals surface area contributed by atoms with E-state index in [0.29, 0.717) is 0 Å². The van der Waals surface area contributed by atoms with E-state index in [0.717, 1.165) is 47.9 Å². The highest BCUT2D eigenvalue weighted by molar-refractivity contribution is 5.70. The molecule has 0 aliphatic heterocycles. The van der Waals surface area contributed by atoms with Crippen LogP contribution >= 0.6 is 0 Å². The molecule has 0 heterocycles. The van der Waals surface area contributed by atoms with Crippen molar-refractivity contribution in [3.05, 3.63) is 70.3 Å². The number of aliphatic hydroxyl groups excluding tert-OH is 2. The third-order valence-corrected chi connectivity index (χ3v) is 4.52. The molecule has 0 aliphatic rings. The molecule has 0 amide bonds. The van der Waals surface area contributed by atoms with Crippen molar-refractivity contribution >= 4 is 12.2 Å². The molecular formula is C23H30O3. The van der Waals surface area contributed by atoms with Gasteiger partial charge in [-0.3, -0.25) is 0 Å². The minimum Gasteiger partial charge on any atom is -0.392 e. The van der Waals surface area contributed by atoms with Crippen LogP contribution in [0.5, 0.6) is 0 Å². The highest BCUT2D eigenvalue weighted by Crippen LogP contribution is 2.17. The van der Waals surface area contributed by atoms with Crippen LogP contribution in [0.4, 0.5) is 0 Å². The quantitative estimate of drug-likeness (QED) is 0.464. The summed E-state index contributed by atoms with van der Waals surface area (Å²) < 4.78 is 0. The molecule has 0 aromatic heterocycles. The van der Waals surface area contributed by atoms with E-state index in [1.165, 1.54) is 5.56 Å². The minimum atomic E-state index is -0.570. The third kappa shape index (κ3) is 6.75. The SMILES string of the molecule is CC(C)(O)CCCCc1ccc(/C=C/c2ccc(CO)c(CO)c2)cc1. The van der Waals surface area contributed by atoms with Gasteiger partial charge in [0.05, 0.1) is 18.8 Å². The van der Waals surface area contributed by atoms with Crippen LogP contribution in [0.2, 0.25) is 0 Å². The first kappa shape index (κ1) is 20.4. The van der Waals surface area contributed by atoms with Gasteiger partial charge in [-0.15, -0.1) is 0 Å². The lowest BCUT2D eigenvalue weighted by molar-refractivity contribution is 0.0682. The zero-order chi connectivity index (χ0) is 19.0. The molecule has 0 aliphatic carbocycles. The van der Waals surface area contributed by atoms with Gasteiger partial charge in [-0.25, -0.2) is 0 Å². The number of benzene rings is 2. The summed E-state index contributed by atoms with van der Waals surface area (Å²) in [4.78, 5) is 0. The van der Waals surface area contributed by atoms with Gasteiger partial charge in [0.15, 0.2) is 0 Å². The van der Waals surface area contributed by atoms with Gasteiger partial charge in [0.2, 0.25) is 0 Å². The minimum absolute atomic E-state index is 0.0584. The van der Waals surface area contributed by atoms with E-state index in [4.69, 9.17) is 0 Å². The molecule has 0 fully saturated rings. The number of hydrogen-bond donors (Lipinski definition) is 3. The van der Waals surface area contributed by atoms with Crippen molar-refractivity contribution in [1.82, 2.24) is 0 Å². The second kappa shape index (κ2) is 9.67. The smallest absolute Gasteiger partial charge is 0.0685 e. The third-order valence-electron chi connectivity index (χ3n) is 4.52. The van der Waals surface area contributed by atoms with Crippen molar-refractivity contribution in [2.24, 2.45) is 0 Å². The van der Waals surface area contributed by atoms with E-state index in [1.807, 2.05) is 44.2 Å². The Morgan fingerprint density at radius 2 is 1.42 bits per heavy atom. The van der Waals surface area contributed by atoms with Gasteiger partial charge >= 0.3 is 0 Å². The van der Waals surface area contributed by atoms with Gasteiger partial charge in [0.25, 0.3) is 0 Å². The Bertz CT molecular complexity index is 709. The Hall–Kier alpha value is -1.94. The molecule has 2 aromatic rings. The number of unbranched alkanes of at least 4 members (excludes halogenated alkanes) is 1. The maximum atomic E-state index is 9.73. The second-order valence-electron chi connectivity index (χ2n) is 7.44. The fourth-order valence-corrected chi connectivity index (χ4v) is 2.93. The van der Waals surface area contributed by atoms with E-state index in [2.05, 4.69) is 24.3 Å². The molecule has 3 nitrogen and oxygen atoms in total. The first-order chi connectivity index (χ1) is 12.4. The molecule has 0 saturated carbocycles. The summed E-state index contributed by atoms with van der Waals surface area (Å²) in [7, 11) is 0. The van der Waals surface area contributed by atoms with Gasteiger partial charge in [-0.1, -0.05) is 55.0 Å². The highest BCUT2D eigenvalue weighted by Gasteiger charge is 2.10. The summed E-state index contributed by atoms with van der Waals surface area (Å²) in [6.45, 7) is 3.58. The van der Waals surface area contributed by atoms with Crippen molar-refractivity contribution in [1.29, 1.82) is 0 Å². The molecule has 0 spiro atoms. The number of rotatable bonds is 9. The van der Waals surface area contributed by atoms with Gasteiger partial charge in [-0.05, 0) is 67.0 Å². The average Bonchev–Trinajstić information content (AvgIpc) is 2.63. The Morgan fingerprint density at radius 1 is 0.808 bits per heavy atom. The van der Waals surface area contributed by atoms with E-state index in [9.17, 15) is 15.3 Å². The maximum absolute atomic E-state index is 9.73. The van der Waals surface area contributed by atoms with Gasteiger partial charge in [0.1, 0.15) is 0 Å². The average molecular weight is 354 g/mol. The fraction of sp³-hybridized carbons (Fsp3) is 0.391. The molecule has 3 N–H and O–H groups in total. The van der Waals surface area contributed by atoms with Crippen LogP contribution in [0.3, 0.4) is 0 Å². The molecule has 2 aromatic carbocycles. The molecule has 0 radical (unpaired) electrons. The van der Waals surface area contributed by atoms with Crippen LogP contribution in [-0.4, -0.2) is 20.9 Å². The van der Waals surface area contributed by atoms with E-state index in [1.54, 1.807) is 0 Å². The van der Waals surface area contributed by atoms with E-state index < -0.39 is 5.60 Å². The monoisotopic (exact) mass is 354 g/mol. The molecule has 0 bridgehead atoms. The molecule has 0 unspecified atom stereocenters. The molecule has 3 heteroatoms. The highest BCUT2D eigenvalue weighted by atomic mass is 16.3. The molecule has 0 saturated heterocycles. The van der Waals surface area contributed by atoms with Crippen LogP contribution in [0.1, 0.15) is 60.9 Å². The first-order valence-electron chi connectivity index (χ1n) is 9.24. The Labute approximate surface area is 156 Å². The fourth-order valence-electron chi connectivity index (χ4n) is 2.93. The topological polar surface area (TPSA) is 60.7 Å². The Morgan fingerprint density at radius 3 is 2.04 bits per heavy atom. The molecule has 26 heavy (non-hydrogen) atoms. The molecular weight excluding hydrogens is 324 g/mol. The van der Waals surface area contributed by atoms with Crippen molar-refractivity contribution < 1.29 is 15.3 Å². The lowest BCUT2D eigenvalue weighted by Crippen LogP contribution is -2.17. The lowest BCUT2D eigenvalue weighted by atomic mass is 9.98. The maximum Gasteiger partial charge on any atom is 0.0685 e. The normalized spacial score (nSPS) is 12.0. The zero-order valence-electron chi connectivity index (χ0n) is 15.8. The van der Waals surface area contributed by atoms with Crippen LogP contribution in [-0.2, 0) is 19.6 Å². The molecule has 2 rings (SSSR count). The standard InChI is InChI=1S/C23H30O3/c1-23(2,26)14-4-3-5-18-6-8-19(9-7-18)10-11-20-12-13-21(16-24)22(15-20)17-25/h6-13,15,24-26H,3-5,14,16-17H2,1-2H3/b11-10+. The van der Waals surface area contributed by atoms with Gasteiger partial charge in [-0.2, -0.15) is 0 Å². The van der Waals surface area contributed by atoms with Crippen LogP contribution in [0.25, 0.3) is 12.2 Å². The predicted molar refractivity (Wildman–Crippen MR) is 108 cm³/mol. The number of aliphatic hydroxyl groups is 3. The summed E-state index contributed by atoms with van der Waals surface area (Å²) in [5, 5.41) is 28.4. The summed E-state index contributed by atoms with van der Waals surface area (Å²) >= 11 is 0. The van der Waals surface area contributed by atoms with Crippen LogP contribution < -0.4 is 0 Å². The van der Waals surface area contributed by atoms with Gasteiger partial charge < -0.3 is 15.3 Å². The molecule has 0 atom stereocenters.